The average Bonchev–Trinajstić information content (AvgIpc) is 2.51. The average molecular weight is 316 g/mol. The van der Waals surface area contributed by atoms with Gasteiger partial charge in [0.15, 0.2) is 0 Å². The number of amides is 1. The number of methoxy groups -OCH3 is 1. The van der Waals surface area contributed by atoms with Gasteiger partial charge in [-0.15, -0.1) is 0 Å². The first-order valence-electron chi connectivity index (χ1n) is 7.22. The summed E-state index contributed by atoms with van der Waals surface area (Å²) < 4.78 is 5.28. The molecule has 116 valence electrons. The molecule has 0 unspecified atom stereocenters. The number of aryl methyl sites for hydroxylation is 2. The van der Waals surface area contributed by atoms with Gasteiger partial charge in [0.2, 0.25) is 5.88 Å². The lowest BCUT2D eigenvalue weighted by atomic mass is 10.1. The molecule has 0 saturated heterocycles. The Morgan fingerprint density at radius 3 is 2.68 bits per heavy atom. The highest BCUT2D eigenvalue weighted by molar-refractivity contribution is 8.13. The highest BCUT2D eigenvalue weighted by Crippen LogP contribution is 2.28. The number of benzene rings is 1. The summed E-state index contributed by atoms with van der Waals surface area (Å²) in [4.78, 5) is 17.5. The molecule has 0 fully saturated rings. The van der Waals surface area contributed by atoms with Crippen LogP contribution >= 0.6 is 11.8 Å². The molecule has 0 aliphatic carbocycles. The van der Waals surface area contributed by atoms with E-state index in [0.717, 1.165) is 40.8 Å². The van der Waals surface area contributed by atoms with Crippen LogP contribution in [0.1, 0.15) is 24.6 Å². The number of aromatic nitrogens is 1. The van der Waals surface area contributed by atoms with Gasteiger partial charge >= 0.3 is 0 Å². The molecule has 2 aromatic rings. The molecule has 1 aromatic heterocycles. The van der Waals surface area contributed by atoms with Crippen molar-refractivity contribution in [2.24, 2.45) is 0 Å². The van der Waals surface area contributed by atoms with Crippen LogP contribution in [0.15, 0.2) is 41.3 Å². The minimum absolute atomic E-state index is 0.155. The maximum absolute atomic E-state index is 12.2. The number of carbonyl (C=O) groups excluding carboxylic acids is 1. The minimum Gasteiger partial charge on any atom is -0.480 e. The van der Waals surface area contributed by atoms with Crippen LogP contribution in [-0.2, 0) is 6.42 Å². The molecule has 5 heteroatoms. The Labute approximate surface area is 135 Å². The van der Waals surface area contributed by atoms with Crippen LogP contribution < -0.4 is 10.1 Å². The number of thioether (sulfide) groups is 1. The Hall–Kier alpha value is -2.01. The molecule has 0 spiro atoms. The van der Waals surface area contributed by atoms with Gasteiger partial charge in [0.05, 0.1) is 7.11 Å². The summed E-state index contributed by atoms with van der Waals surface area (Å²) in [6.07, 6.45) is 1.96. The Morgan fingerprint density at radius 2 is 2.05 bits per heavy atom. The Bertz CT molecular complexity index is 645. The van der Waals surface area contributed by atoms with Gasteiger partial charge < -0.3 is 10.1 Å². The van der Waals surface area contributed by atoms with Gasteiger partial charge in [0, 0.05) is 10.6 Å². The van der Waals surface area contributed by atoms with Crippen molar-refractivity contribution in [1.29, 1.82) is 0 Å². The third-order valence-electron chi connectivity index (χ3n) is 3.19. The van der Waals surface area contributed by atoms with E-state index >= 15 is 0 Å². The molecule has 0 aliphatic heterocycles. The third-order valence-corrected chi connectivity index (χ3v) is 3.98. The first-order chi connectivity index (χ1) is 10.6. The van der Waals surface area contributed by atoms with E-state index in [-0.39, 0.29) is 5.24 Å². The van der Waals surface area contributed by atoms with Crippen molar-refractivity contribution in [1.82, 2.24) is 4.98 Å². The Morgan fingerprint density at radius 1 is 1.32 bits per heavy atom. The van der Waals surface area contributed by atoms with E-state index in [0.29, 0.717) is 11.6 Å². The second kappa shape index (κ2) is 7.84. The van der Waals surface area contributed by atoms with Gasteiger partial charge in [-0.2, -0.15) is 0 Å². The van der Waals surface area contributed by atoms with Crippen molar-refractivity contribution in [2.45, 2.75) is 31.6 Å². The third kappa shape index (κ3) is 4.24. The number of hydrogen-bond acceptors (Lipinski definition) is 4. The van der Waals surface area contributed by atoms with E-state index in [2.05, 4.69) is 17.2 Å². The maximum Gasteiger partial charge on any atom is 0.288 e. The molecule has 1 aromatic carbocycles. The Balaban J connectivity index is 2.16. The summed E-state index contributed by atoms with van der Waals surface area (Å²) in [5.41, 5.74) is 2.68. The fraction of sp³-hybridized carbons (Fsp3) is 0.294. The largest absolute Gasteiger partial charge is 0.480 e. The van der Waals surface area contributed by atoms with E-state index in [4.69, 9.17) is 4.74 Å². The fourth-order valence-electron chi connectivity index (χ4n) is 2.12. The first-order valence-corrected chi connectivity index (χ1v) is 8.04. The topological polar surface area (TPSA) is 51.2 Å². The first kappa shape index (κ1) is 16.4. The number of nitrogens with one attached hydrogen (secondary N) is 1. The number of nitrogens with zero attached hydrogens (tertiary/aromatic N) is 1. The van der Waals surface area contributed by atoms with Crippen LogP contribution in [0.3, 0.4) is 0 Å². The highest BCUT2D eigenvalue weighted by Gasteiger charge is 2.13. The smallest absolute Gasteiger partial charge is 0.288 e. The van der Waals surface area contributed by atoms with Gasteiger partial charge in [-0.1, -0.05) is 31.5 Å². The van der Waals surface area contributed by atoms with Crippen molar-refractivity contribution in [3.05, 3.63) is 47.7 Å². The van der Waals surface area contributed by atoms with Gasteiger partial charge in [-0.3, -0.25) is 4.79 Å². The van der Waals surface area contributed by atoms with Crippen molar-refractivity contribution >= 4 is 22.7 Å². The molecular weight excluding hydrogens is 296 g/mol. The van der Waals surface area contributed by atoms with Crippen LogP contribution in [0, 0.1) is 6.92 Å². The second-order valence-electron chi connectivity index (χ2n) is 4.87. The fourth-order valence-corrected chi connectivity index (χ4v) is 2.79. The van der Waals surface area contributed by atoms with Crippen molar-refractivity contribution in [3.63, 3.8) is 0 Å². The minimum atomic E-state index is -0.155. The van der Waals surface area contributed by atoms with Crippen molar-refractivity contribution in [3.8, 4) is 5.88 Å². The van der Waals surface area contributed by atoms with Gasteiger partial charge in [-0.05, 0) is 48.9 Å². The molecule has 0 atom stereocenters. The number of rotatable bonds is 5. The van der Waals surface area contributed by atoms with Crippen LogP contribution in [0.25, 0.3) is 0 Å². The summed E-state index contributed by atoms with van der Waals surface area (Å²) in [6.45, 7) is 4.07. The van der Waals surface area contributed by atoms with Crippen LogP contribution in [0.5, 0.6) is 5.88 Å². The lowest BCUT2D eigenvalue weighted by molar-refractivity contribution is 0.269. The standard InChI is InChI=1S/C17H20N2O2S/c1-4-8-13-11-15(16(21-3)18-12(13)2)19-17(20)22-14-9-6-5-7-10-14/h5-7,9-11H,4,8H2,1-3H3,(H,19,20). The molecule has 1 N–H and O–H groups in total. The van der Waals surface area contributed by atoms with E-state index in [1.54, 1.807) is 7.11 Å². The van der Waals surface area contributed by atoms with E-state index in [1.165, 1.54) is 0 Å². The summed E-state index contributed by atoms with van der Waals surface area (Å²) in [6, 6.07) is 11.5. The summed E-state index contributed by atoms with van der Waals surface area (Å²) >= 11 is 1.15. The van der Waals surface area contributed by atoms with Gasteiger partial charge in [0.25, 0.3) is 5.24 Å². The molecule has 0 saturated carbocycles. The zero-order chi connectivity index (χ0) is 15.9. The number of hydrogen-bond donors (Lipinski definition) is 1. The second-order valence-corrected chi connectivity index (χ2v) is 5.91. The molecule has 0 aliphatic rings. The normalized spacial score (nSPS) is 10.3. The zero-order valence-electron chi connectivity index (χ0n) is 13.1. The molecular formula is C17H20N2O2S. The number of anilines is 1. The van der Waals surface area contributed by atoms with E-state index in [9.17, 15) is 4.79 Å². The van der Waals surface area contributed by atoms with Crippen molar-refractivity contribution in [2.75, 3.05) is 12.4 Å². The predicted molar refractivity (Wildman–Crippen MR) is 90.8 cm³/mol. The number of ether oxygens (including phenoxy) is 1. The maximum atomic E-state index is 12.2. The lowest BCUT2D eigenvalue weighted by Crippen LogP contribution is -2.09. The summed E-state index contributed by atoms with van der Waals surface area (Å²) in [5.74, 6) is 0.444. The predicted octanol–water partition coefficient (Wildman–Crippen LogP) is 4.68. The molecule has 0 radical (unpaired) electrons. The SMILES string of the molecule is CCCc1cc(NC(=O)Sc2ccccc2)c(OC)nc1C. The summed E-state index contributed by atoms with van der Waals surface area (Å²) in [5, 5.41) is 2.72. The number of pyridine rings is 1. The van der Waals surface area contributed by atoms with Crippen molar-refractivity contribution < 1.29 is 9.53 Å². The van der Waals surface area contributed by atoms with Gasteiger partial charge in [0.1, 0.15) is 5.69 Å². The summed E-state index contributed by atoms with van der Waals surface area (Å²) in [7, 11) is 1.56. The van der Waals surface area contributed by atoms with E-state index in [1.807, 2.05) is 43.3 Å². The highest BCUT2D eigenvalue weighted by atomic mass is 32.2. The molecule has 1 amide bonds. The Kier molecular flexibility index (Phi) is 5.83. The van der Waals surface area contributed by atoms with E-state index < -0.39 is 0 Å². The van der Waals surface area contributed by atoms with Crippen LogP contribution in [0.4, 0.5) is 10.5 Å². The lowest BCUT2D eigenvalue weighted by Gasteiger charge is -2.13. The molecule has 1 heterocycles. The zero-order valence-corrected chi connectivity index (χ0v) is 13.9. The monoisotopic (exact) mass is 316 g/mol. The van der Waals surface area contributed by atoms with Crippen LogP contribution in [0.2, 0.25) is 0 Å². The van der Waals surface area contributed by atoms with Gasteiger partial charge in [-0.25, -0.2) is 4.98 Å². The molecule has 0 bridgehead atoms. The van der Waals surface area contributed by atoms with Crippen LogP contribution in [-0.4, -0.2) is 17.3 Å². The molecule has 22 heavy (non-hydrogen) atoms. The molecule has 2 rings (SSSR count). The quantitative estimate of drug-likeness (QED) is 0.814. The number of carbonyl (C=O) groups is 1. The molecule has 4 nitrogen and oxygen atoms in total.